The van der Waals surface area contributed by atoms with E-state index < -0.39 is 11.9 Å². The van der Waals surface area contributed by atoms with Crippen LogP contribution in [0, 0.1) is 0 Å². The molecule has 0 aromatic heterocycles. The monoisotopic (exact) mass is 349 g/mol. The molecule has 1 atom stereocenters. The van der Waals surface area contributed by atoms with Crippen molar-refractivity contribution in [3.05, 3.63) is 35.9 Å². The second kappa shape index (κ2) is 10.2. The van der Waals surface area contributed by atoms with Crippen molar-refractivity contribution in [2.75, 3.05) is 13.2 Å². The predicted molar refractivity (Wildman–Crippen MR) is 93.7 cm³/mol. The van der Waals surface area contributed by atoms with E-state index in [4.69, 9.17) is 24.5 Å². The molecule has 0 spiro atoms. The van der Waals surface area contributed by atoms with Crippen LogP contribution in [0.1, 0.15) is 50.0 Å². The van der Waals surface area contributed by atoms with Gasteiger partial charge in [0.25, 0.3) is 0 Å². The molecule has 6 nitrogen and oxygen atoms in total. The lowest BCUT2D eigenvalue weighted by atomic mass is 9.82. The Bertz CT molecular complexity index is 522. The third-order valence-corrected chi connectivity index (χ3v) is 4.84. The molecule has 25 heavy (non-hydrogen) atoms. The Morgan fingerprint density at radius 2 is 1.64 bits per heavy atom. The van der Waals surface area contributed by atoms with Crippen molar-refractivity contribution in [3.63, 3.8) is 0 Å². The van der Waals surface area contributed by atoms with E-state index in [0.29, 0.717) is 12.1 Å². The molecule has 1 unspecified atom stereocenters. The average Bonchev–Trinajstić information content (AvgIpc) is 3.15. The van der Waals surface area contributed by atoms with Gasteiger partial charge in [-0.15, -0.1) is 0 Å². The number of nitrogens with one attached hydrogen (secondary N) is 1. The fourth-order valence-electron chi connectivity index (χ4n) is 3.46. The second-order valence-corrected chi connectivity index (χ2v) is 6.61. The van der Waals surface area contributed by atoms with Gasteiger partial charge in [0, 0.05) is 19.2 Å². The first-order valence-corrected chi connectivity index (χ1v) is 8.92. The Morgan fingerprint density at radius 3 is 2.16 bits per heavy atom. The summed E-state index contributed by atoms with van der Waals surface area (Å²) in [4.78, 5) is 18.2. The van der Waals surface area contributed by atoms with E-state index in [9.17, 15) is 0 Å². The summed E-state index contributed by atoms with van der Waals surface area (Å²) >= 11 is 0. The highest BCUT2D eigenvalue weighted by atomic mass is 16.5. The van der Waals surface area contributed by atoms with Crippen molar-refractivity contribution in [1.29, 1.82) is 0 Å². The largest absolute Gasteiger partial charge is 0.473 e. The molecule has 0 amide bonds. The summed E-state index contributed by atoms with van der Waals surface area (Å²) in [6.07, 6.45) is 8.24. The summed E-state index contributed by atoms with van der Waals surface area (Å²) < 4.78 is 5.67. The molecule has 3 rings (SSSR count). The van der Waals surface area contributed by atoms with Crippen LogP contribution in [0.4, 0.5) is 0 Å². The van der Waals surface area contributed by atoms with Gasteiger partial charge in [0.1, 0.15) is 0 Å². The molecule has 138 valence electrons. The van der Waals surface area contributed by atoms with Gasteiger partial charge in [-0.2, -0.15) is 0 Å². The fourth-order valence-corrected chi connectivity index (χ4v) is 3.46. The molecule has 0 bridgehead atoms. The van der Waals surface area contributed by atoms with Gasteiger partial charge < -0.3 is 20.3 Å². The van der Waals surface area contributed by atoms with Crippen LogP contribution in [0.3, 0.4) is 0 Å². The summed E-state index contributed by atoms with van der Waals surface area (Å²) in [6.45, 7) is 2.02. The van der Waals surface area contributed by atoms with Crippen LogP contribution in [0.2, 0.25) is 0 Å². The molecule has 1 aromatic carbocycles. The van der Waals surface area contributed by atoms with E-state index in [1.165, 1.54) is 44.1 Å². The van der Waals surface area contributed by atoms with E-state index in [1.807, 2.05) is 0 Å². The molecule has 2 fully saturated rings. The second-order valence-electron chi connectivity index (χ2n) is 6.61. The summed E-state index contributed by atoms with van der Waals surface area (Å²) in [5.74, 6) is -2.87. The van der Waals surface area contributed by atoms with E-state index in [0.717, 1.165) is 19.1 Å². The topological polar surface area (TPSA) is 95.9 Å². The average molecular weight is 349 g/mol. The number of carboxylic acid groups (broad SMARTS) is 2. The lowest BCUT2D eigenvalue weighted by Gasteiger charge is -2.30. The summed E-state index contributed by atoms with van der Waals surface area (Å²) in [7, 11) is 0. The van der Waals surface area contributed by atoms with E-state index in [-0.39, 0.29) is 0 Å². The third kappa shape index (κ3) is 6.84. The van der Waals surface area contributed by atoms with Crippen molar-refractivity contribution in [1.82, 2.24) is 5.32 Å². The van der Waals surface area contributed by atoms with E-state index in [1.54, 1.807) is 0 Å². The number of ether oxygens (including phenoxy) is 1. The smallest absolute Gasteiger partial charge is 0.414 e. The molecule has 1 heterocycles. The molecule has 6 heteroatoms. The highest BCUT2D eigenvalue weighted by Gasteiger charge is 2.23. The lowest BCUT2D eigenvalue weighted by Crippen LogP contribution is -2.37. The number of hydrogen-bond donors (Lipinski definition) is 3. The third-order valence-electron chi connectivity index (χ3n) is 4.84. The maximum atomic E-state index is 9.10. The molecule has 3 N–H and O–H groups in total. The van der Waals surface area contributed by atoms with Gasteiger partial charge in [-0.3, -0.25) is 0 Å². The first-order valence-electron chi connectivity index (χ1n) is 8.92. The minimum atomic E-state index is -1.82. The van der Waals surface area contributed by atoms with Crippen LogP contribution in [-0.4, -0.2) is 47.4 Å². The van der Waals surface area contributed by atoms with Gasteiger partial charge in [0.15, 0.2) is 0 Å². The Kier molecular flexibility index (Phi) is 7.88. The van der Waals surface area contributed by atoms with Gasteiger partial charge in [0.2, 0.25) is 0 Å². The van der Waals surface area contributed by atoms with Crippen molar-refractivity contribution >= 4 is 11.9 Å². The molecular formula is C19H27NO5. The molecular weight excluding hydrogens is 322 g/mol. The SMILES string of the molecule is O=C(O)C(=O)O.c1ccc(C2CCC(NCC3CCCO3)CC2)cc1. The maximum Gasteiger partial charge on any atom is 0.414 e. The number of rotatable bonds is 4. The van der Waals surface area contributed by atoms with Crippen molar-refractivity contribution in [3.8, 4) is 0 Å². The molecule has 2 aliphatic rings. The van der Waals surface area contributed by atoms with Crippen LogP contribution in [-0.2, 0) is 14.3 Å². The number of carbonyl (C=O) groups is 2. The zero-order chi connectivity index (χ0) is 18.1. The number of aliphatic carboxylic acids is 2. The Morgan fingerprint density at radius 1 is 1.00 bits per heavy atom. The van der Waals surface area contributed by atoms with Gasteiger partial charge >= 0.3 is 11.9 Å². The molecule has 1 aromatic rings. The molecule has 0 radical (unpaired) electrons. The molecule has 1 aliphatic carbocycles. The Hall–Kier alpha value is -1.92. The highest BCUT2D eigenvalue weighted by molar-refractivity contribution is 6.27. The van der Waals surface area contributed by atoms with Gasteiger partial charge in [-0.05, 0) is 50.0 Å². The zero-order valence-corrected chi connectivity index (χ0v) is 14.4. The Labute approximate surface area is 148 Å². The summed E-state index contributed by atoms with van der Waals surface area (Å²) in [5.41, 5.74) is 1.53. The van der Waals surface area contributed by atoms with Crippen molar-refractivity contribution in [2.45, 2.75) is 56.6 Å². The fraction of sp³-hybridized carbons (Fsp3) is 0.579. The summed E-state index contributed by atoms with van der Waals surface area (Å²) in [5, 5.41) is 18.5. The predicted octanol–water partition coefficient (Wildman–Crippen LogP) is 2.64. The minimum absolute atomic E-state index is 0.479. The van der Waals surface area contributed by atoms with Gasteiger partial charge in [-0.25, -0.2) is 9.59 Å². The zero-order valence-electron chi connectivity index (χ0n) is 14.4. The maximum absolute atomic E-state index is 9.10. The molecule has 1 saturated carbocycles. The molecule has 1 aliphatic heterocycles. The van der Waals surface area contributed by atoms with Gasteiger partial charge in [0.05, 0.1) is 6.10 Å². The van der Waals surface area contributed by atoms with E-state index >= 15 is 0 Å². The first-order chi connectivity index (χ1) is 12.1. The first kappa shape index (κ1) is 19.4. The van der Waals surface area contributed by atoms with Crippen LogP contribution in [0.5, 0.6) is 0 Å². The molecule has 1 saturated heterocycles. The number of hydrogen-bond acceptors (Lipinski definition) is 4. The van der Waals surface area contributed by atoms with Crippen LogP contribution in [0.25, 0.3) is 0 Å². The Balaban J connectivity index is 0.000000326. The van der Waals surface area contributed by atoms with Crippen LogP contribution >= 0.6 is 0 Å². The van der Waals surface area contributed by atoms with Crippen molar-refractivity contribution in [2.24, 2.45) is 0 Å². The van der Waals surface area contributed by atoms with Crippen LogP contribution < -0.4 is 5.32 Å². The van der Waals surface area contributed by atoms with Crippen LogP contribution in [0.15, 0.2) is 30.3 Å². The summed E-state index contributed by atoms with van der Waals surface area (Å²) in [6, 6.07) is 11.7. The quantitative estimate of drug-likeness (QED) is 0.723. The minimum Gasteiger partial charge on any atom is -0.473 e. The van der Waals surface area contributed by atoms with E-state index in [2.05, 4.69) is 35.6 Å². The lowest BCUT2D eigenvalue weighted by molar-refractivity contribution is -0.159. The van der Waals surface area contributed by atoms with Gasteiger partial charge in [-0.1, -0.05) is 30.3 Å². The van der Waals surface area contributed by atoms with Crippen molar-refractivity contribution < 1.29 is 24.5 Å². The standard InChI is InChI=1S/C17H25NO.C2H2O4/c1-2-5-14(6-3-1)15-8-10-16(11-9-15)18-13-17-7-4-12-19-17;3-1(4)2(5)6/h1-3,5-6,15-18H,4,7-13H2;(H,3,4)(H,5,6). The normalized spacial score (nSPS) is 25.7. The highest BCUT2D eigenvalue weighted by Crippen LogP contribution is 2.32. The number of carboxylic acids is 2. The number of benzene rings is 1.